The van der Waals surface area contributed by atoms with E-state index >= 15 is 0 Å². The van der Waals surface area contributed by atoms with Crippen molar-refractivity contribution in [1.82, 2.24) is 4.90 Å². The van der Waals surface area contributed by atoms with Gasteiger partial charge in [0.1, 0.15) is 6.61 Å². The van der Waals surface area contributed by atoms with Gasteiger partial charge in [-0.25, -0.2) is 4.79 Å². The maximum absolute atomic E-state index is 10.6. The Balaban J connectivity index is 1.85. The molecule has 4 nitrogen and oxygen atoms in total. The van der Waals surface area contributed by atoms with Crippen LogP contribution in [0.5, 0.6) is 0 Å². The lowest BCUT2D eigenvalue weighted by molar-refractivity contribution is -0.145. The van der Waals surface area contributed by atoms with Gasteiger partial charge in [0.2, 0.25) is 0 Å². The highest BCUT2D eigenvalue weighted by atomic mass is 16.5. The van der Waals surface area contributed by atoms with E-state index in [-0.39, 0.29) is 12.7 Å². The van der Waals surface area contributed by atoms with E-state index in [1.54, 1.807) is 0 Å². The lowest BCUT2D eigenvalue weighted by atomic mass is 9.73. The SMILES string of the molecule is CC1CCC(C(C)C)C(N2CCC(OCC(=O)O)CC2)C1. The second kappa shape index (κ2) is 7.59. The van der Waals surface area contributed by atoms with Crippen LogP contribution < -0.4 is 0 Å². The van der Waals surface area contributed by atoms with Gasteiger partial charge in [0.25, 0.3) is 0 Å². The van der Waals surface area contributed by atoms with Crippen molar-refractivity contribution < 1.29 is 14.6 Å². The molecule has 0 aromatic rings. The number of ether oxygens (including phenoxy) is 1. The van der Waals surface area contributed by atoms with Gasteiger partial charge in [-0.15, -0.1) is 0 Å². The first kappa shape index (κ1) is 16.8. The van der Waals surface area contributed by atoms with Gasteiger partial charge in [-0.3, -0.25) is 4.90 Å². The van der Waals surface area contributed by atoms with Crippen molar-refractivity contribution in [1.29, 1.82) is 0 Å². The Labute approximate surface area is 128 Å². The summed E-state index contributed by atoms with van der Waals surface area (Å²) in [5, 5.41) is 8.69. The van der Waals surface area contributed by atoms with Crippen LogP contribution >= 0.6 is 0 Å². The summed E-state index contributed by atoms with van der Waals surface area (Å²) in [4.78, 5) is 13.2. The molecule has 21 heavy (non-hydrogen) atoms. The zero-order valence-electron chi connectivity index (χ0n) is 13.8. The smallest absolute Gasteiger partial charge is 0.329 e. The number of piperidine rings is 1. The van der Waals surface area contributed by atoms with E-state index in [2.05, 4.69) is 25.7 Å². The molecule has 0 aromatic carbocycles. The second-order valence-corrected chi connectivity index (χ2v) is 7.33. The molecule has 122 valence electrons. The normalized spacial score (nSPS) is 32.5. The van der Waals surface area contributed by atoms with Crippen molar-refractivity contribution in [3.8, 4) is 0 Å². The van der Waals surface area contributed by atoms with Crippen molar-refractivity contribution >= 4 is 5.97 Å². The average molecular weight is 297 g/mol. The number of aliphatic carboxylic acids is 1. The Morgan fingerprint density at radius 3 is 2.48 bits per heavy atom. The van der Waals surface area contributed by atoms with Crippen LogP contribution in [0.25, 0.3) is 0 Å². The minimum atomic E-state index is -0.863. The van der Waals surface area contributed by atoms with Gasteiger partial charge < -0.3 is 9.84 Å². The van der Waals surface area contributed by atoms with E-state index in [1.165, 1.54) is 19.3 Å². The largest absolute Gasteiger partial charge is 0.480 e. The average Bonchev–Trinajstić information content (AvgIpc) is 2.45. The fraction of sp³-hybridized carbons (Fsp3) is 0.941. The van der Waals surface area contributed by atoms with E-state index in [9.17, 15) is 4.79 Å². The molecule has 0 bridgehead atoms. The quantitative estimate of drug-likeness (QED) is 0.847. The molecule has 0 spiro atoms. The van der Waals surface area contributed by atoms with Crippen LogP contribution in [-0.2, 0) is 9.53 Å². The number of rotatable bonds is 5. The lowest BCUT2D eigenvalue weighted by Gasteiger charge is -2.46. The molecule has 2 aliphatic rings. The van der Waals surface area contributed by atoms with Crippen molar-refractivity contribution in [3.63, 3.8) is 0 Å². The molecule has 1 saturated heterocycles. The fourth-order valence-electron chi connectivity index (χ4n) is 4.13. The number of hydrogen-bond donors (Lipinski definition) is 1. The molecule has 4 heteroatoms. The summed E-state index contributed by atoms with van der Waals surface area (Å²) >= 11 is 0. The number of likely N-dealkylation sites (tertiary alicyclic amines) is 1. The summed E-state index contributed by atoms with van der Waals surface area (Å²) in [6.07, 6.45) is 6.14. The van der Waals surface area contributed by atoms with Crippen molar-refractivity contribution in [2.75, 3.05) is 19.7 Å². The first-order valence-corrected chi connectivity index (χ1v) is 8.54. The molecule has 0 radical (unpaired) electrons. The summed E-state index contributed by atoms with van der Waals surface area (Å²) in [7, 11) is 0. The van der Waals surface area contributed by atoms with Gasteiger partial charge >= 0.3 is 5.97 Å². The van der Waals surface area contributed by atoms with Gasteiger partial charge in [0.15, 0.2) is 0 Å². The molecule has 2 fully saturated rings. The summed E-state index contributed by atoms with van der Waals surface area (Å²) in [5.74, 6) is 1.55. The van der Waals surface area contributed by atoms with Crippen LogP contribution in [0.1, 0.15) is 52.9 Å². The number of carboxylic acids is 1. The zero-order valence-corrected chi connectivity index (χ0v) is 13.8. The first-order chi connectivity index (χ1) is 9.97. The summed E-state index contributed by atoms with van der Waals surface area (Å²) < 4.78 is 5.45. The highest BCUT2D eigenvalue weighted by molar-refractivity contribution is 5.68. The van der Waals surface area contributed by atoms with Crippen LogP contribution in [0.2, 0.25) is 0 Å². The van der Waals surface area contributed by atoms with E-state index < -0.39 is 5.97 Å². The van der Waals surface area contributed by atoms with E-state index in [0.29, 0.717) is 6.04 Å². The molecule has 3 atom stereocenters. The molecule has 1 heterocycles. The third kappa shape index (κ3) is 4.68. The van der Waals surface area contributed by atoms with E-state index in [1.807, 2.05) is 0 Å². The second-order valence-electron chi connectivity index (χ2n) is 7.33. The van der Waals surface area contributed by atoms with Gasteiger partial charge in [0, 0.05) is 19.1 Å². The summed E-state index contributed by atoms with van der Waals surface area (Å²) in [5.41, 5.74) is 0. The van der Waals surface area contributed by atoms with Gasteiger partial charge in [-0.2, -0.15) is 0 Å². The number of hydrogen-bond acceptors (Lipinski definition) is 3. The molecule has 0 amide bonds. The van der Waals surface area contributed by atoms with Crippen LogP contribution in [0, 0.1) is 17.8 Å². The van der Waals surface area contributed by atoms with E-state index in [4.69, 9.17) is 9.84 Å². The van der Waals surface area contributed by atoms with E-state index in [0.717, 1.165) is 43.7 Å². The molecule has 1 saturated carbocycles. The Hall–Kier alpha value is -0.610. The third-order valence-electron chi connectivity index (χ3n) is 5.38. The van der Waals surface area contributed by atoms with Crippen LogP contribution in [0.4, 0.5) is 0 Å². The number of carboxylic acid groups (broad SMARTS) is 1. The van der Waals surface area contributed by atoms with Gasteiger partial charge in [-0.1, -0.05) is 27.2 Å². The molecular formula is C17H31NO3. The Morgan fingerprint density at radius 1 is 1.24 bits per heavy atom. The predicted molar refractivity (Wildman–Crippen MR) is 83.3 cm³/mol. The number of nitrogens with zero attached hydrogens (tertiary/aromatic N) is 1. The van der Waals surface area contributed by atoms with Crippen LogP contribution in [-0.4, -0.2) is 47.8 Å². The maximum atomic E-state index is 10.6. The van der Waals surface area contributed by atoms with Gasteiger partial charge in [-0.05, 0) is 43.4 Å². The van der Waals surface area contributed by atoms with Crippen molar-refractivity contribution in [2.45, 2.75) is 65.0 Å². The highest BCUT2D eigenvalue weighted by Crippen LogP contribution is 2.37. The Bertz CT molecular complexity index is 337. The van der Waals surface area contributed by atoms with Crippen LogP contribution in [0.3, 0.4) is 0 Å². The summed E-state index contributed by atoms with van der Waals surface area (Å²) in [6.45, 7) is 9.06. The molecule has 0 aromatic heterocycles. The molecule has 1 aliphatic heterocycles. The zero-order chi connectivity index (χ0) is 15.4. The Kier molecular flexibility index (Phi) is 6.06. The molecule has 1 N–H and O–H groups in total. The molecular weight excluding hydrogens is 266 g/mol. The topological polar surface area (TPSA) is 49.8 Å². The molecule has 3 unspecified atom stereocenters. The van der Waals surface area contributed by atoms with Crippen molar-refractivity contribution in [3.05, 3.63) is 0 Å². The first-order valence-electron chi connectivity index (χ1n) is 8.54. The predicted octanol–water partition coefficient (Wildman–Crippen LogP) is 3.01. The highest BCUT2D eigenvalue weighted by Gasteiger charge is 2.36. The monoisotopic (exact) mass is 297 g/mol. The minimum Gasteiger partial charge on any atom is -0.480 e. The number of carbonyl (C=O) groups is 1. The van der Waals surface area contributed by atoms with Crippen LogP contribution in [0.15, 0.2) is 0 Å². The minimum absolute atomic E-state index is 0.135. The summed E-state index contributed by atoms with van der Waals surface area (Å²) in [6, 6.07) is 0.717. The van der Waals surface area contributed by atoms with Gasteiger partial charge in [0.05, 0.1) is 6.10 Å². The molecule has 2 rings (SSSR count). The molecule has 1 aliphatic carbocycles. The Morgan fingerprint density at radius 2 is 1.90 bits per heavy atom. The lowest BCUT2D eigenvalue weighted by Crippen LogP contribution is -2.50. The standard InChI is InChI=1S/C17H31NO3/c1-12(2)15-5-4-13(3)10-16(15)18-8-6-14(7-9-18)21-11-17(19)20/h12-16H,4-11H2,1-3H3,(H,19,20). The fourth-order valence-corrected chi connectivity index (χ4v) is 4.13. The maximum Gasteiger partial charge on any atom is 0.329 e. The van der Waals surface area contributed by atoms with Crippen molar-refractivity contribution in [2.24, 2.45) is 17.8 Å². The third-order valence-corrected chi connectivity index (χ3v) is 5.38.